The van der Waals surface area contributed by atoms with Gasteiger partial charge in [-0.15, -0.1) is 0 Å². The second-order valence-electron chi connectivity index (χ2n) is 3.89. The Kier molecular flexibility index (Phi) is 2.73. The Morgan fingerprint density at radius 2 is 2.40 bits per heavy atom. The lowest BCUT2D eigenvalue weighted by atomic mass is 9.97. The Bertz CT molecular complexity index is 387. The smallest absolute Gasteiger partial charge is 0.170 e. The van der Waals surface area contributed by atoms with Crippen molar-refractivity contribution in [3.8, 4) is 5.75 Å². The lowest BCUT2D eigenvalue weighted by Crippen LogP contribution is -2.21. The predicted molar refractivity (Wildman–Crippen MR) is 58.2 cm³/mol. The second kappa shape index (κ2) is 4.03. The van der Waals surface area contributed by atoms with Gasteiger partial charge in [0, 0.05) is 18.9 Å². The van der Waals surface area contributed by atoms with Gasteiger partial charge in [-0.1, -0.05) is 19.1 Å². The van der Waals surface area contributed by atoms with Crippen LogP contribution in [0.1, 0.15) is 22.8 Å². The molecule has 0 bridgehead atoms. The molecule has 1 aromatic rings. The number of ketones is 1. The summed E-state index contributed by atoms with van der Waals surface area (Å²) in [5.74, 6) is 0.708. The Morgan fingerprint density at radius 1 is 1.60 bits per heavy atom. The summed E-state index contributed by atoms with van der Waals surface area (Å²) in [4.78, 5) is 12.0. The number of hydrogen-bond acceptors (Lipinski definition) is 3. The standard InChI is InChI=1S/C12H15NO2/c1-8(7-13)11(14)10-4-2-3-9-5-6-15-12(9)10/h2-4,8H,5-7,13H2,1H3. The molecule has 0 fully saturated rings. The van der Waals surface area contributed by atoms with Gasteiger partial charge in [-0.3, -0.25) is 4.79 Å². The maximum absolute atomic E-state index is 12.0. The number of carbonyl (C=O) groups is 1. The van der Waals surface area contributed by atoms with Crippen molar-refractivity contribution in [3.63, 3.8) is 0 Å². The lowest BCUT2D eigenvalue weighted by Gasteiger charge is -2.10. The number of hydrogen-bond donors (Lipinski definition) is 1. The van der Waals surface area contributed by atoms with Crippen LogP contribution in [-0.4, -0.2) is 18.9 Å². The van der Waals surface area contributed by atoms with E-state index < -0.39 is 0 Å². The third-order valence-corrected chi connectivity index (χ3v) is 2.78. The first kappa shape index (κ1) is 10.2. The molecule has 1 aliphatic heterocycles. The first-order valence-corrected chi connectivity index (χ1v) is 5.23. The summed E-state index contributed by atoms with van der Waals surface area (Å²) in [6.45, 7) is 2.90. The minimum atomic E-state index is -0.138. The van der Waals surface area contributed by atoms with Crippen molar-refractivity contribution in [2.75, 3.05) is 13.2 Å². The molecule has 1 aliphatic rings. The molecular formula is C12H15NO2. The molecule has 0 aromatic heterocycles. The van der Waals surface area contributed by atoms with Crippen LogP contribution in [0.3, 0.4) is 0 Å². The molecule has 1 aromatic carbocycles. The predicted octanol–water partition coefficient (Wildman–Crippen LogP) is 1.40. The van der Waals surface area contributed by atoms with Gasteiger partial charge in [0.25, 0.3) is 0 Å². The van der Waals surface area contributed by atoms with Crippen molar-refractivity contribution in [1.82, 2.24) is 0 Å². The summed E-state index contributed by atoms with van der Waals surface area (Å²) < 4.78 is 5.48. The molecule has 0 saturated carbocycles. The van der Waals surface area contributed by atoms with Crippen LogP contribution in [0.2, 0.25) is 0 Å². The zero-order chi connectivity index (χ0) is 10.8. The van der Waals surface area contributed by atoms with E-state index in [0.29, 0.717) is 18.7 Å². The molecule has 3 heteroatoms. The zero-order valence-corrected chi connectivity index (χ0v) is 8.82. The molecule has 15 heavy (non-hydrogen) atoms. The van der Waals surface area contributed by atoms with Crippen LogP contribution in [0.25, 0.3) is 0 Å². The second-order valence-corrected chi connectivity index (χ2v) is 3.89. The van der Waals surface area contributed by atoms with Crippen molar-refractivity contribution in [2.24, 2.45) is 11.7 Å². The summed E-state index contributed by atoms with van der Waals surface area (Å²) in [5.41, 5.74) is 7.31. The number of benzene rings is 1. The molecular weight excluding hydrogens is 190 g/mol. The van der Waals surface area contributed by atoms with Gasteiger partial charge in [0.05, 0.1) is 12.2 Å². The SMILES string of the molecule is CC(CN)C(=O)c1cccc2c1OCC2. The van der Waals surface area contributed by atoms with Crippen LogP contribution in [-0.2, 0) is 6.42 Å². The van der Waals surface area contributed by atoms with E-state index >= 15 is 0 Å². The van der Waals surface area contributed by atoms with Gasteiger partial charge in [0.1, 0.15) is 5.75 Å². The van der Waals surface area contributed by atoms with Gasteiger partial charge in [-0.05, 0) is 11.6 Å². The number of carbonyl (C=O) groups excluding carboxylic acids is 1. The van der Waals surface area contributed by atoms with E-state index in [1.54, 1.807) is 0 Å². The average molecular weight is 205 g/mol. The normalized spacial score (nSPS) is 15.6. The first-order chi connectivity index (χ1) is 7.24. The van der Waals surface area contributed by atoms with Crippen molar-refractivity contribution < 1.29 is 9.53 Å². The fraction of sp³-hybridized carbons (Fsp3) is 0.417. The maximum atomic E-state index is 12.0. The number of Topliss-reactive ketones (excluding diaryl/α,β-unsaturated/α-hetero) is 1. The van der Waals surface area contributed by atoms with Gasteiger partial charge < -0.3 is 10.5 Å². The third kappa shape index (κ3) is 1.75. The van der Waals surface area contributed by atoms with Crippen molar-refractivity contribution in [1.29, 1.82) is 0 Å². The molecule has 80 valence electrons. The molecule has 1 heterocycles. The number of ether oxygens (including phenoxy) is 1. The number of fused-ring (bicyclic) bond motifs is 1. The molecule has 3 nitrogen and oxygen atoms in total. The summed E-state index contributed by atoms with van der Waals surface area (Å²) in [7, 11) is 0. The zero-order valence-electron chi connectivity index (χ0n) is 8.82. The molecule has 0 radical (unpaired) electrons. The van der Waals surface area contributed by atoms with Crippen LogP contribution in [0.5, 0.6) is 5.75 Å². The maximum Gasteiger partial charge on any atom is 0.170 e. The van der Waals surface area contributed by atoms with Gasteiger partial charge >= 0.3 is 0 Å². The topological polar surface area (TPSA) is 52.3 Å². The van der Waals surface area contributed by atoms with E-state index in [-0.39, 0.29) is 11.7 Å². The monoisotopic (exact) mass is 205 g/mol. The third-order valence-electron chi connectivity index (χ3n) is 2.78. The minimum Gasteiger partial charge on any atom is -0.492 e. The number of rotatable bonds is 3. The van der Waals surface area contributed by atoms with E-state index in [1.165, 1.54) is 0 Å². The fourth-order valence-electron chi connectivity index (χ4n) is 1.78. The van der Waals surface area contributed by atoms with E-state index in [2.05, 4.69) is 0 Å². The van der Waals surface area contributed by atoms with E-state index in [9.17, 15) is 4.79 Å². The summed E-state index contributed by atoms with van der Waals surface area (Å²) in [6.07, 6.45) is 0.896. The van der Waals surface area contributed by atoms with Gasteiger partial charge in [0.15, 0.2) is 5.78 Å². The van der Waals surface area contributed by atoms with Crippen LogP contribution >= 0.6 is 0 Å². The summed E-state index contributed by atoms with van der Waals surface area (Å²) >= 11 is 0. The molecule has 0 saturated heterocycles. The molecule has 0 aliphatic carbocycles. The molecule has 2 rings (SSSR count). The van der Waals surface area contributed by atoms with Gasteiger partial charge in [-0.25, -0.2) is 0 Å². The number of nitrogens with two attached hydrogens (primary N) is 1. The van der Waals surface area contributed by atoms with Gasteiger partial charge in [-0.2, -0.15) is 0 Å². The Labute approximate surface area is 89.2 Å². The fourth-order valence-corrected chi connectivity index (χ4v) is 1.78. The van der Waals surface area contributed by atoms with Crippen LogP contribution in [0.4, 0.5) is 0 Å². The Balaban J connectivity index is 2.37. The number of para-hydroxylation sites is 1. The van der Waals surface area contributed by atoms with Crippen LogP contribution in [0.15, 0.2) is 18.2 Å². The minimum absolute atomic E-state index is 0.0799. The first-order valence-electron chi connectivity index (χ1n) is 5.23. The Hall–Kier alpha value is -1.35. The molecule has 2 N–H and O–H groups in total. The lowest BCUT2D eigenvalue weighted by molar-refractivity contribution is 0.0931. The van der Waals surface area contributed by atoms with Gasteiger partial charge in [0.2, 0.25) is 0 Å². The summed E-state index contributed by atoms with van der Waals surface area (Å²) in [5, 5.41) is 0. The molecule has 1 unspecified atom stereocenters. The highest BCUT2D eigenvalue weighted by molar-refractivity contribution is 6.00. The van der Waals surface area contributed by atoms with E-state index in [1.807, 2.05) is 25.1 Å². The highest BCUT2D eigenvalue weighted by Crippen LogP contribution is 2.30. The average Bonchev–Trinajstić information content (AvgIpc) is 2.74. The quantitative estimate of drug-likeness (QED) is 0.759. The van der Waals surface area contributed by atoms with Crippen molar-refractivity contribution >= 4 is 5.78 Å². The molecule has 0 spiro atoms. The van der Waals surface area contributed by atoms with E-state index in [4.69, 9.17) is 10.5 Å². The highest BCUT2D eigenvalue weighted by atomic mass is 16.5. The van der Waals surface area contributed by atoms with Crippen LogP contribution < -0.4 is 10.5 Å². The van der Waals surface area contributed by atoms with Crippen molar-refractivity contribution in [3.05, 3.63) is 29.3 Å². The summed E-state index contributed by atoms with van der Waals surface area (Å²) in [6, 6.07) is 5.73. The Morgan fingerprint density at radius 3 is 3.13 bits per heavy atom. The largest absolute Gasteiger partial charge is 0.492 e. The van der Waals surface area contributed by atoms with Crippen molar-refractivity contribution in [2.45, 2.75) is 13.3 Å². The van der Waals surface area contributed by atoms with E-state index in [0.717, 1.165) is 17.7 Å². The van der Waals surface area contributed by atoms with Crippen LogP contribution in [0, 0.1) is 5.92 Å². The molecule has 1 atom stereocenters. The highest BCUT2D eigenvalue weighted by Gasteiger charge is 2.22. The molecule has 0 amide bonds.